The fraction of sp³-hybridized carbons (Fsp3) is 0.808. The van der Waals surface area contributed by atoms with Gasteiger partial charge in [0.2, 0.25) is 0 Å². The van der Waals surface area contributed by atoms with Crippen molar-refractivity contribution in [3.8, 4) is 0 Å². The Hall–Kier alpha value is -1.89. The molecule has 0 spiro atoms. The Morgan fingerprint density at radius 3 is 1.52 bits per heavy atom. The van der Waals surface area contributed by atoms with Crippen molar-refractivity contribution < 1.29 is 34.2 Å². The zero-order valence-corrected chi connectivity index (χ0v) is 20.8. The van der Waals surface area contributed by atoms with Crippen LogP contribution >= 0.6 is 0 Å². The summed E-state index contributed by atoms with van der Waals surface area (Å²) in [4.78, 5) is 33.1. The third kappa shape index (κ3) is 20.4. The number of carboxylic acid groups (broad SMARTS) is 3. The van der Waals surface area contributed by atoms with Crippen LogP contribution in [0.2, 0.25) is 0 Å². The Morgan fingerprint density at radius 1 is 0.636 bits per heavy atom. The number of hydrogen-bond donors (Lipinski definition) is 2. The maximum Gasteiger partial charge on any atom is 0.309 e. The minimum Gasteiger partial charge on any atom is -0.550 e. The Labute approximate surface area is 200 Å². The normalized spacial score (nSPS) is 11.8. The third-order valence-electron chi connectivity index (χ3n) is 6.28. The number of unbranched alkanes of at least 4 members (excludes halogenated alkanes) is 11. The van der Waals surface area contributed by atoms with Crippen LogP contribution in [0.4, 0.5) is 0 Å². The van der Waals surface area contributed by atoms with Crippen LogP contribution in [0.25, 0.3) is 0 Å². The topological polar surface area (TPSA) is 115 Å². The number of carbonyl (C=O) groups excluding carboxylic acids is 1. The monoisotopic (exact) mass is 469 g/mol. The van der Waals surface area contributed by atoms with Crippen LogP contribution in [-0.2, 0) is 14.4 Å². The maximum absolute atomic E-state index is 11.1. The number of carboxylic acids is 3. The molecule has 0 aromatic carbocycles. The Morgan fingerprint density at radius 2 is 1.06 bits per heavy atom. The molecule has 0 radical (unpaired) electrons. The summed E-state index contributed by atoms with van der Waals surface area (Å²) in [6, 6.07) is 0. The van der Waals surface area contributed by atoms with Gasteiger partial charge in [0, 0.05) is 12.4 Å². The van der Waals surface area contributed by atoms with Crippen molar-refractivity contribution >= 4 is 17.9 Å². The van der Waals surface area contributed by atoms with E-state index in [1.165, 1.54) is 44.9 Å². The Balaban J connectivity index is 4.19. The van der Waals surface area contributed by atoms with E-state index in [4.69, 9.17) is 10.2 Å². The maximum atomic E-state index is 11.1. The predicted molar refractivity (Wildman–Crippen MR) is 129 cm³/mol. The van der Waals surface area contributed by atoms with E-state index >= 15 is 0 Å². The van der Waals surface area contributed by atoms with Crippen molar-refractivity contribution in [2.24, 2.45) is 0 Å². The first kappa shape index (κ1) is 31.1. The molecule has 0 aliphatic heterocycles. The number of allylic oxidation sites excluding steroid dienone is 2. The standard InChI is InChI=1S/C26H47NO6/c1-2-3-4-5-6-7-8-9-10-11-12-13-14-15-16-20-27(21-17-24(28)29,22-18-25(30)31)23-19-26(32)33/h9-10H,2-8,11-23H2,1H3,(H2-,28,29,30,31,32,33)/b10-9+. The zero-order chi connectivity index (χ0) is 24.8. The minimum atomic E-state index is -1.19. The third-order valence-corrected chi connectivity index (χ3v) is 6.28. The molecule has 0 aliphatic rings. The van der Waals surface area contributed by atoms with Crippen LogP contribution in [-0.4, -0.2) is 58.8 Å². The molecule has 7 nitrogen and oxygen atoms in total. The largest absolute Gasteiger partial charge is 0.550 e. The molecular weight excluding hydrogens is 422 g/mol. The summed E-state index contributed by atoms with van der Waals surface area (Å²) in [5.41, 5.74) is 0. The van der Waals surface area contributed by atoms with Crippen molar-refractivity contribution in [2.45, 2.75) is 110 Å². The number of carbonyl (C=O) groups is 3. The van der Waals surface area contributed by atoms with Gasteiger partial charge in [-0.25, -0.2) is 0 Å². The molecule has 0 bridgehead atoms. The molecule has 0 aromatic rings. The molecule has 0 amide bonds. The lowest BCUT2D eigenvalue weighted by molar-refractivity contribution is -0.927. The van der Waals surface area contributed by atoms with Crippen LogP contribution in [0.3, 0.4) is 0 Å². The molecule has 0 heterocycles. The highest BCUT2D eigenvalue weighted by molar-refractivity contribution is 5.67. The number of nitrogens with zero attached hydrogens (tertiary/aromatic N) is 1. The highest BCUT2D eigenvalue weighted by Crippen LogP contribution is 2.16. The average molecular weight is 470 g/mol. The van der Waals surface area contributed by atoms with E-state index in [2.05, 4.69) is 19.1 Å². The fourth-order valence-corrected chi connectivity index (χ4v) is 4.18. The SMILES string of the molecule is CCCCCCCC/C=C/CCCCCCC[N+](CCC(=O)[O-])(CCC(=O)O)CCC(=O)O. The lowest BCUT2D eigenvalue weighted by Gasteiger charge is -2.38. The van der Waals surface area contributed by atoms with E-state index in [0.29, 0.717) is 6.54 Å². The second-order valence-corrected chi connectivity index (χ2v) is 9.23. The molecule has 2 N–H and O–H groups in total. The molecule has 0 saturated heterocycles. The van der Waals surface area contributed by atoms with Crippen LogP contribution in [0.5, 0.6) is 0 Å². The van der Waals surface area contributed by atoms with Crippen LogP contribution in [0.15, 0.2) is 12.2 Å². The summed E-state index contributed by atoms with van der Waals surface area (Å²) in [5, 5.41) is 29.1. The van der Waals surface area contributed by atoms with Crippen LogP contribution in [0.1, 0.15) is 110 Å². The molecule has 0 fully saturated rings. The number of quaternary nitrogens is 1. The van der Waals surface area contributed by atoms with Gasteiger partial charge in [-0.05, 0) is 38.5 Å². The van der Waals surface area contributed by atoms with Crippen LogP contribution in [0, 0.1) is 0 Å². The van der Waals surface area contributed by atoms with Gasteiger partial charge in [0.05, 0.1) is 39.0 Å². The van der Waals surface area contributed by atoms with Gasteiger partial charge >= 0.3 is 11.9 Å². The molecule has 0 saturated carbocycles. The first-order valence-corrected chi connectivity index (χ1v) is 12.9. The molecule has 0 atom stereocenters. The highest BCUT2D eigenvalue weighted by Gasteiger charge is 2.28. The number of hydrogen-bond acceptors (Lipinski definition) is 4. The minimum absolute atomic E-state index is 0.0995. The van der Waals surface area contributed by atoms with E-state index in [1.54, 1.807) is 0 Å². The first-order valence-electron chi connectivity index (χ1n) is 12.9. The molecular formula is C26H47NO6. The quantitative estimate of drug-likeness (QED) is 0.122. The molecule has 0 aromatic heterocycles. The van der Waals surface area contributed by atoms with Crippen molar-refractivity contribution in [3.63, 3.8) is 0 Å². The molecule has 33 heavy (non-hydrogen) atoms. The van der Waals surface area contributed by atoms with Crippen molar-refractivity contribution in [3.05, 3.63) is 12.2 Å². The molecule has 0 rings (SSSR count). The van der Waals surface area contributed by atoms with E-state index in [9.17, 15) is 19.5 Å². The molecule has 0 unspecified atom stereocenters. The smallest absolute Gasteiger partial charge is 0.309 e. The van der Waals surface area contributed by atoms with Crippen molar-refractivity contribution in [1.29, 1.82) is 0 Å². The van der Waals surface area contributed by atoms with Gasteiger partial charge in [0.15, 0.2) is 0 Å². The van der Waals surface area contributed by atoms with Gasteiger partial charge in [0.1, 0.15) is 0 Å². The van der Waals surface area contributed by atoms with Crippen LogP contribution < -0.4 is 5.11 Å². The summed E-state index contributed by atoms with van der Waals surface area (Å²) in [5.74, 6) is -3.09. The van der Waals surface area contributed by atoms with Crippen molar-refractivity contribution in [2.75, 3.05) is 26.2 Å². The summed E-state index contributed by atoms with van der Waals surface area (Å²) < 4.78 is 0.216. The second-order valence-electron chi connectivity index (χ2n) is 9.23. The van der Waals surface area contributed by atoms with Gasteiger partial charge in [-0.15, -0.1) is 0 Å². The highest BCUT2D eigenvalue weighted by atomic mass is 16.4. The second kappa shape index (κ2) is 20.7. The first-order chi connectivity index (χ1) is 15.8. The average Bonchev–Trinajstić information content (AvgIpc) is 2.76. The summed E-state index contributed by atoms with van der Waals surface area (Å²) in [7, 11) is 0. The van der Waals surface area contributed by atoms with Gasteiger partial charge in [0.25, 0.3) is 0 Å². The molecule has 0 aliphatic carbocycles. The van der Waals surface area contributed by atoms with Crippen molar-refractivity contribution in [1.82, 2.24) is 0 Å². The number of aliphatic carboxylic acids is 3. The fourth-order valence-electron chi connectivity index (χ4n) is 4.18. The van der Waals surface area contributed by atoms with Gasteiger partial charge in [-0.2, -0.15) is 0 Å². The van der Waals surface area contributed by atoms with Gasteiger partial charge < -0.3 is 24.6 Å². The summed E-state index contributed by atoms with van der Waals surface area (Å²) >= 11 is 0. The van der Waals surface area contributed by atoms with E-state index < -0.39 is 17.9 Å². The molecule has 192 valence electrons. The van der Waals surface area contributed by atoms with E-state index in [-0.39, 0.29) is 43.4 Å². The summed E-state index contributed by atoms with van der Waals surface area (Å²) in [6.07, 6.45) is 19.6. The van der Waals surface area contributed by atoms with E-state index in [1.807, 2.05) is 0 Å². The Kier molecular flexibility index (Phi) is 19.5. The number of rotatable bonds is 24. The predicted octanol–water partition coefficient (Wildman–Crippen LogP) is 4.54. The molecule has 7 heteroatoms. The van der Waals surface area contributed by atoms with E-state index in [0.717, 1.165) is 38.5 Å². The zero-order valence-electron chi connectivity index (χ0n) is 20.8. The van der Waals surface area contributed by atoms with Gasteiger partial charge in [-0.3, -0.25) is 9.59 Å². The lowest BCUT2D eigenvalue weighted by atomic mass is 10.1. The summed E-state index contributed by atoms with van der Waals surface area (Å²) in [6.45, 7) is 3.55. The lowest BCUT2D eigenvalue weighted by Crippen LogP contribution is -2.53. The van der Waals surface area contributed by atoms with Gasteiger partial charge in [-0.1, -0.05) is 64.0 Å². The Bertz CT molecular complexity index is 515.